The van der Waals surface area contributed by atoms with E-state index in [1.54, 1.807) is 6.07 Å². The molecular formula is C10H13N5O2S. The van der Waals surface area contributed by atoms with Crippen molar-refractivity contribution in [1.29, 1.82) is 0 Å². The van der Waals surface area contributed by atoms with Crippen molar-refractivity contribution in [3.63, 3.8) is 0 Å². The number of benzene rings is 1. The van der Waals surface area contributed by atoms with Crippen LogP contribution in [0.2, 0.25) is 0 Å². The number of nitrogens with one attached hydrogen (secondary N) is 1. The Labute approximate surface area is 107 Å². The molecule has 0 bridgehead atoms. The molecule has 0 aliphatic carbocycles. The van der Waals surface area contributed by atoms with E-state index < -0.39 is 0 Å². The van der Waals surface area contributed by atoms with Crippen LogP contribution >= 0.6 is 11.3 Å². The second kappa shape index (κ2) is 5.07. The number of carbonyl (C=O) groups excluding carboxylic acids is 1. The van der Waals surface area contributed by atoms with Crippen molar-refractivity contribution in [2.45, 2.75) is 0 Å². The van der Waals surface area contributed by atoms with Gasteiger partial charge in [0.05, 0.1) is 10.2 Å². The lowest BCUT2D eigenvalue weighted by Gasteiger charge is -2.04. The average Bonchev–Trinajstić information content (AvgIpc) is 2.72. The van der Waals surface area contributed by atoms with Crippen molar-refractivity contribution in [3.05, 3.63) is 23.0 Å². The summed E-state index contributed by atoms with van der Waals surface area (Å²) in [5, 5.41) is 3.68. The first-order valence-electron chi connectivity index (χ1n) is 5.11. The summed E-state index contributed by atoms with van der Waals surface area (Å²) in [6.45, 7) is -0.117. The molecule has 1 aromatic heterocycles. The zero-order valence-corrected chi connectivity index (χ0v) is 10.5. The molecule has 0 saturated heterocycles. The maximum Gasteiger partial charge on any atom is 0.271 e. The molecule has 0 spiro atoms. The number of aromatic nitrogens is 1. The van der Waals surface area contributed by atoms with E-state index in [0.29, 0.717) is 10.6 Å². The number of nitrogens with two attached hydrogens (primary N) is 2. The molecule has 2 aromatic rings. The van der Waals surface area contributed by atoms with E-state index in [0.717, 1.165) is 10.2 Å². The third-order valence-electron chi connectivity index (χ3n) is 2.42. The molecule has 5 N–H and O–H groups in total. The molecule has 0 saturated carbocycles. The van der Waals surface area contributed by atoms with Crippen LogP contribution < -0.4 is 26.6 Å². The third-order valence-corrected chi connectivity index (χ3v) is 3.53. The van der Waals surface area contributed by atoms with Gasteiger partial charge in [0.2, 0.25) is 4.80 Å². The maximum absolute atomic E-state index is 11.0. The minimum atomic E-state index is -0.385. The Kier molecular flexibility index (Phi) is 3.49. The topological polar surface area (TPSA) is 108 Å². The Morgan fingerprint density at radius 1 is 1.61 bits per heavy atom. The van der Waals surface area contributed by atoms with Gasteiger partial charge in [0.1, 0.15) is 5.75 Å². The van der Waals surface area contributed by atoms with Crippen LogP contribution in [0.5, 0.6) is 5.75 Å². The first-order valence-corrected chi connectivity index (χ1v) is 5.93. The summed E-state index contributed by atoms with van der Waals surface area (Å²) in [5.41, 5.74) is 3.00. The standard InChI is InChI=1S/C10H13N5O2S/c1-15-7-3-2-6(17-5-9(16)13-11)4-8(7)18-10(15)14-12/h2-4H,5,11-12H2,1H3,(H,13,16)/b14-10-. The highest BCUT2D eigenvalue weighted by atomic mass is 32.1. The molecule has 7 nitrogen and oxygen atoms in total. The van der Waals surface area contributed by atoms with Crippen LogP contribution in [0.4, 0.5) is 0 Å². The second-order valence-electron chi connectivity index (χ2n) is 3.56. The summed E-state index contributed by atoms with van der Waals surface area (Å²) in [4.78, 5) is 11.7. The normalized spacial score (nSPS) is 11.8. The van der Waals surface area contributed by atoms with Crippen LogP contribution in [-0.4, -0.2) is 17.1 Å². The average molecular weight is 267 g/mol. The summed E-state index contributed by atoms with van der Waals surface area (Å²) >= 11 is 1.44. The minimum absolute atomic E-state index is 0.117. The monoisotopic (exact) mass is 267 g/mol. The predicted octanol–water partition coefficient (Wildman–Crippen LogP) is -0.617. The molecule has 1 aromatic carbocycles. The molecule has 0 unspecified atom stereocenters. The lowest BCUT2D eigenvalue weighted by molar-refractivity contribution is -0.123. The fraction of sp³-hybridized carbons (Fsp3) is 0.200. The number of amides is 1. The maximum atomic E-state index is 11.0. The van der Waals surface area contributed by atoms with Gasteiger partial charge in [0.15, 0.2) is 6.61 Å². The summed E-state index contributed by atoms with van der Waals surface area (Å²) in [6.07, 6.45) is 0. The summed E-state index contributed by atoms with van der Waals surface area (Å²) in [6, 6.07) is 5.49. The van der Waals surface area contributed by atoms with E-state index in [1.165, 1.54) is 11.3 Å². The van der Waals surface area contributed by atoms with Gasteiger partial charge in [-0.25, -0.2) is 5.84 Å². The highest BCUT2D eigenvalue weighted by molar-refractivity contribution is 7.16. The van der Waals surface area contributed by atoms with Crippen molar-refractivity contribution in [3.8, 4) is 5.75 Å². The molecule has 18 heavy (non-hydrogen) atoms. The van der Waals surface area contributed by atoms with Gasteiger partial charge in [-0.2, -0.15) is 5.10 Å². The summed E-state index contributed by atoms with van der Waals surface area (Å²) in [5.74, 6) is 10.5. The Bertz CT molecular complexity index is 645. The van der Waals surface area contributed by atoms with Gasteiger partial charge >= 0.3 is 0 Å². The zero-order valence-electron chi connectivity index (χ0n) is 9.71. The number of ether oxygens (including phenoxy) is 1. The second-order valence-corrected chi connectivity index (χ2v) is 4.57. The van der Waals surface area contributed by atoms with Gasteiger partial charge in [-0.1, -0.05) is 11.3 Å². The van der Waals surface area contributed by atoms with Crippen LogP contribution in [0.15, 0.2) is 23.3 Å². The fourth-order valence-electron chi connectivity index (χ4n) is 1.52. The number of rotatable bonds is 3. The third kappa shape index (κ3) is 2.29. The lowest BCUT2D eigenvalue weighted by atomic mass is 10.3. The number of hydrogen-bond acceptors (Lipinski definition) is 6. The molecule has 96 valence electrons. The van der Waals surface area contributed by atoms with E-state index in [4.69, 9.17) is 16.4 Å². The van der Waals surface area contributed by atoms with E-state index in [1.807, 2.05) is 29.2 Å². The van der Waals surface area contributed by atoms with Gasteiger partial charge < -0.3 is 15.1 Å². The highest BCUT2D eigenvalue weighted by Gasteiger charge is 2.05. The quantitative estimate of drug-likeness (QED) is 0.391. The van der Waals surface area contributed by atoms with Crippen LogP contribution in [-0.2, 0) is 11.8 Å². The molecule has 8 heteroatoms. The molecule has 0 fully saturated rings. The van der Waals surface area contributed by atoms with Crippen molar-refractivity contribution in [2.75, 3.05) is 6.61 Å². The summed E-state index contributed by atoms with van der Waals surface area (Å²) < 4.78 is 8.16. The van der Waals surface area contributed by atoms with Crippen molar-refractivity contribution in [2.24, 2.45) is 23.8 Å². The molecule has 2 rings (SSSR count). The lowest BCUT2D eigenvalue weighted by Crippen LogP contribution is -2.34. The molecule has 1 amide bonds. The largest absolute Gasteiger partial charge is 0.484 e. The van der Waals surface area contributed by atoms with Gasteiger partial charge in [-0.3, -0.25) is 10.2 Å². The van der Waals surface area contributed by atoms with Gasteiger partial charge in [-0.05, 0) is 18.2 Å². The van der Waals surface area contributed by atoms with Crippen LogP contribution in [0.1, 0.15) is 0 Å². The van der Waals surface area contributed by atoms with Gasteiger partial charge in [-0.15, -0.1) is 0 Å². The van der Waals surface area contributed by atoms with Gasteiger partial charge in [0.25, 0.3) is 5.91 Å². The fourth-order valence-corrected chi connectivity index (χ4v) is 2.49. The Hall–Kier alpha value is -2.06. The Balaban J connectivity index is 2.30. The smallest absolute Gasteiger partial charge is 0.271 e. The number of fused-ring (bicyclic) bond motifs is 1. The van der Waals surface area contributed by atoms with Crippen molar-refractivity contribution < 1.29 is 9.53 Å². The highest BCUT2D eigenvalue weighted by Crippen LogP contribution is 2.22. The number of hydrogen-bond donors (Lipinski definition) is 3. The number of thiazole rings is 1. The van der Waals surface area contributed by atoms with E-state index in [9.17, 15) is 4.79 Å². The SMILES string of the molecule is Cn1/c(=N/N)sc2cc(OCC(=O)NN)ccc21. The number of hydrazine groups is 1. The molecule has 1 heterocycles. The van der Waals surface area contributed by atoms with Gasteiger partial charge in [0, 0.05) is 7.05 Å². The summed E-state index contributed by atoms with van der Waals surface area (Å²) in [7, 11) is 1.88. The van der Waals surface area contributed by atoms with E-state index >= 15 is 0 Å². The molecule has 0 aliphatic rings. The van der Waals surface area contributed by atoms with Crippen LogP contribution in [0.25, 0.3) is 10.2 Å². The number of nitrogens with zero attached hydrogens (tertiary/aromatic N) is 2. The Morgan fingerprint density at radius 3 is 3.06 bits per heavy atom. The first kappa shape index (κ1) is 12.4. The van der Waals surface area contributed by atoms with Crippen LogP contribution in [0.3, 0.4) is 0 Å². The molecule has 0 radical (unpaired) electrons. The van der Waals surface area contributed by atoms with Crippen LogP contribution in [0, 0.1) is 0 Å². The molecule has 0 aliphatic heterocycles. The number of aryl methyl sites for hydroxylation is 1. The van der Waals surface area contributed by atoms with Crippen molar-refractivity contribution >= 4 is 27.5 Å². The first-order chi connectivity index (χ1) is 8.65. The molecular weight excluding hydrogens is 254 g/mol. The number of carbonyl (C=O) groups is 1. The van der Waals surface area contributed by atoms with E-state index in [2.05, 4.69) is 5.10 Å². The molecule has 0 atom stereocenters. The Morgan fingerprint density at radius 2 is 2.39 bits per heavy atom. The predicted molar refractivity (Wildman–Crippen MR) is 68.4 cm³/mol. The zero-order chi connectivity index (χ0) is 13.1. The van der Waals surface area contributed by atoms with Crippen molar-refractivity contribution in [1.82, 2.24) is 9.99 Å². The van der Waals surface area contributed by atoms with E-state index in [-0.39, 0.29) is 12.5 Å². The minimum Gasteiger partial charge on any atom is -0.484 e.